The maximum absolute atomic E-state index is 14.8. The quantitative estimate of drug-likeness (QED) is 0.0252. The van der Waals surface area contributed by atoms with Crippen molar-refractivity contribution in [3.63, 3.8) is 0 Å². The summed E-state index contributed by atoms with van der Waals surface area (Å²) in [6.07, 6.45) is 38.7. The molecule has 0 radical (unpaired) electrons. The summed E-state index contributed by atoms with van der Waals surface area (Å²) in [6.45, 7) is 36.3. The zero-order chi connectivity index (χ0) is 100. The van der Waals surface area contributed by atoms with Crippen molar-refractivity contribution in [3.05, 3.63) is 0 Å². The third kappa shape index (κ3) is 63.9. The first-order valence-corrected chi connectivity index (χ1v) is 54.4. The van der Waals surface area contributed by atoms with Crippen LogP contribution in [0.5, 0.6) is 0 Å². The highest BCUT2D eigenvalue weighted by Gasteiger charge is 2.33. The van der Waals surface area contributed by atoms with E-state index in [0.717, 1.165) is 180 Å². The lowest BCUT2D eigenvalue weighted by Crippen LogP contribution is -2.55. The molecule has 28 nitrogen and oxygen atoms in total. The van der Waals surface area contributed by atoms with E-state index in [2.05, 4.69) is 130 Å². The van der Waals surface area contributed by atoms with E-state index in [1.54, 1.807) is 0 Å². The van der Waals surface area contributed by atoms with E-state index in [1.807, 2.05) is 62.3 Å². The van der Waals surface area contributed by atoms with Crippen LogP contribution in [0.25, 0.3) is 0 Å². The summed E-state index contributed by atoms with van der Waals surface area (Å²) in [5, 5.41) is 42.6. The van der Waals surface area contributed by atoms with E-state index in [-0.39, 0.29) is 152 Å². The maximum Gasteiger partial charge on any atom is 0.243 e. The highest BCUT2D eigenvalue weighted by Crippen LogP contribution is 2.21. The summed E-state index contributed by atoms with van der Waals surface area (Å²) >= 11 is 0. The van der Waals surface area contributed by atoms with Gasteiger partial charge in [0.1, 0.15) is 36.3 Å². The molecule has 0 aliphatic carbocycles. The van der Waals surface area contributed by atoms with Crippen LogP contribution in [-0.2, 0) is 67.1 Å². The lowest BCUT2D eigenvalue weighted by atomic mass is 10.0. The van der Waals surface area contributed by atoms with Crippen LogP contribution in [0, 0.1) is 47.3 Å². The molecule has 0 spiro atoms. The van der Waals surface area contributed by atoms with Crippen LogP contribution in [0.15, 0.2) is 0 Å². The summed E-state index contributed by atoms with van der Waals surface area (Å²) in [6, 6.07) is -6.20. The highest BCUT2D eigenvalue weighted by atomic mass is 16.2. The highest BCUT2D eigenvalue weighted by molar-refractivity contribution is 5.94. The van der Waals surface area contributed by atoms with Crippen molar-refractivity contribution in [2.24, 2.45) is 47.3 Å². The number of carbonyl (C=O) groups is 14. The average molecular weight is 1890 g/mol. The van der Waals surface area contributed by atoms with Crippen LogP contribution in [0.4, 0.5) is 0 Å². The van der Waals surface area contributed by atoms with Gasteiger partial charge in [0, 0.05) is 99.2 Å². The van der Waals surface area contributed by atoms with Crippen LogP contribution >= 0.6 is 0 Å². The molecule has 14 amide bonds. The fraction of sp³-hybridized carbons (Fsp3) is 0.868. The van der Waals surface area contributed by atoms with Gasteiger partial charge in [-0.15, -0.1) is 0 Å². The Hall–Kier alpha value is -7.42. The number of hydrogen-bond acceptors (Lipinski definition) is 14. The van der Waals surface area contributed by atoms with Crippen molar-refractivity contribution in [2.75, 3.05) is 45.8 Å². The molecule has 0 aromatic rings. The Balaban J connectivity index is 7.29. The number of nitrogens with one attached hydrogen (secondary N) is 14. The minimum Gasteiger partial charge on any atom is -0.356 e. The van der Waals surface area contributed by atoms with E-state index in [4.69, 9.17) is 0 Å². The molecular weight excluding hydrogens is 1690 g/mol. The number of carbonyl (C=O) groups excluding carboxylic acids is 14. The summed E-state index contributed by atoms with van der Waals surface area (Å²) in [4.78, 5) is 194. The van der Waals surface area contributed by atoms with Crippen molar-refractivity contribution in [1.29, 1.82) is 0 Å². The molecule has 14 N–H and O–H groups in total. The second-order valence-electron chi connectivity index (χ2n) is 39.5. The van der Waals surface area contributed by atoms with Crippen LogP contribution in [0.2, 0.25) is 0 Å². The largest absolute Gasteiger partial charge is 0.356 e. The smallest absolute Gasteiger partial charge is 0.243 e. The third-order valence-corrected chi connectivity index (χ3v) is 26.4. The van der Waals surface area contributed by atoms with Gasteiger partial charge in [0.25, 0.3) is 0 Å². The Labute approximate surface area is 813 Å². The van der Waals surface area contributed by atoms with E-state index < -0.39 is 65.9 Å². The van der Waals surface area contributed by atoms with E-state index >= 15 is 0 Å². The van der Waals surface area contributed by atoms with E-state index in [1.165, 1.54) is 0 Å². The second kappa shape index (κ2) is 82.6. The molecule has 0 saturated heterocycles. The van der Waals surface area contributed by atoms with Crippen LogP contribution in [0.1, 0.15) is 458 Å². The monoisotopic (exact) mass is 1890 g/mol. The molecule has 0 bridgehead atoms. The number of unbranched alkanes of at least 4 members (excludes halogenated alkanes) is 23. The molecule has 0 rings (SSSR count). The van der Waals surface area contributed by atoms with Crippen molar-refractivity contribution >= 4 is 82.7 Å². The maximum atomic E-state index is 14.8. The molecule has 134 heavy (non-hydrogen) atoms. The summed E-state index contributed by atoms with van der Waals surface area (Å²) < 4.78 is 0. The fourth-order valence-electron chi connectivity index (χ4n) is 16.4. The molecule has 28 heteroatoms. The molecule has 15 unspecified atom stereocenters. The zero-order valence-corrected chi connectivity index (χ0v) is 87.8. The minimum absolute atomic E-state index is 0.00936. The van der Waals surface area contributed by atoms with Crippen molar-refractivity contribution in [1.82, 2.24) is 74.4 Å². The third-order valence-electron chi connectivity index (χ3n) is 26.4. The summed E-state index contributed by atoms with van der Waals surface area (Å²) in [5.74, 6) is -5.42. The lowest BCUT2D eigenvalue weighted by Gasteiger charge is -2.26. The van der Waals surface area contributed by atoms with Gasteiger partial charge in [-0.25, -0.2) is 0 Å². The topological polar surface area (TPSA) is 407 Å². The van der Waals surface area contributed by atoms with Crippen LogP contribution < -0.4 is 74.4 Å². The zero-order valence-electron chi connectivity index (χ0n) is 87.8. The van der Waals surface area contributed by atoms with Gasteiger partial charge in [0.15, 0.2) is 0 Å². The van der Waals surface area contributed by atoms with Gasteiger partial charge in [-0.3, -0.25) is 67.1 Å². The van der Waals surface area contributed by atoms with Crippen molar-refractivity contribution in [3.8, 4) is 0 Å². The predicted molar refractivity (Wildman–Crippen MR) is 544 cm³/mol. The summed E-state index contributed by atoms with van der Waals surface area (Å²) in [7, 11) is 0. The fourth-order valence-corrected chi connectivity index (χ4v) is 16.4. The molecule has 0 aromatic heterocycles. The Morgan fingerprint density at radius 2 is 0.276 bits per heavy atom. The molecule has 0 heterocycles. The molecule has 0 aromatic carbocycles. The Morgan fingerprint density at radius 3 is 0.455 bits per heavy atom. The van der Waals surface area contributed by atoms with E-state index in [9.17, 15) is 67.1 Å². The van der Waals surface area contributed by atoms with Crippen molar-refractivity contribution < 1.29 is 67.1 Å². The second-order valence-corrected chi connectivity index (χ2v) is 39.5. The van der Waals surface area contributed by atoms with E-state index in [0.29, 0.717) is 161 Å². The first kappa shape index (κ1) is 127. The Bertz CT molecular complexity index is 3180. The van der Waals surface area contributed by atoms with Crippen LogP contribution in [-0.4, -0.2) is 171 Å². The Kier molecular flexibility index (Phi) is 78.1. The van der Waals surface area contributed by atoms with Gasteiger partial charge in [-0.2, -0.15) is 0 Å². The average Bonchev–Trinajstić information content (AvgIpc) is 0.886. The summed E-state index contributed by atoms with van der Waals surface area (Å²) in [5.41, 5.74) is 0. The first-order valence-electron chi connectivity index (χ1n) is 54.4. The standard InChI is InChI=1S/C106H200N14O14/c1-18-26-34-56-78(9)93(121)107-71-50-43-65-87(115-97(125)82(13)60-38-30-22-5)101(129)112-76-54-45-67-89(119-105(133)91(117-99(127)84(15)62-40-32-24-7)69-46-52-73-109-95(123)80(11)58-36-28-20-3)103(131)111-75-49-42-64-86(17)114-104(132)90(120-106(134)92(118-100(128)85(16)63-41-33-25-8)70-47-53-74-110-96(124)81(12)59-37-29-21-4)68-48-55-77-113-102(130)88(116-98(126)83(14)61-39-31-23-6)66-44-51-72-108-94(122)79(10)57-35-27-19-2/h78-92H,18-77H2,1-17H3,(H,107,121)(H,108,122)(H,109,123)(H,110,124)(H,111,131)(H,112,129)(H,113,130)(H,114,132)(H,115,125)(H,116,126)(H,117,127)(H,118,128)(H,119,133)(H,120,134). The van der Waals surface area contributed by atoms with Crippen LogP contribution in [0.3, 0.4) is 0 Å². The lowest BCUT2D eigenvalue weighted by molar-refractivity contribution is -0.133. The molecule has 0 saturated carbocycles. The van der Waals surface area contributed by atoms with Gasteiger partial charge in [-0.1, -0.05) is 265 Å². The molecule has 15 atom stereocenters. The van der Waals surface area contributed by atoms with Gasteiger partial charge < -0.3 is 74.4 Å². The number of amides is 14. The van der Waals surface area contributed by atoms with Gasteiger partial charge in [0.2, 0.25) is 82.7 Å². The first-order chi connectivity index (χ1) is 64.3. The molecular formula is C106H200N14O14. The molecule has 0 aliphatic rings. The van der Waals surface area contributed by atoms with Gasteiger partial charge >= 0.3 is 0 Å². The predicted octanol–water partition coefficient (Wildman–Crippen LogP) is 17.1. The Morgan fingerprint density at radius 1 is 0.142 bits per heavy atom. The molecule has 778 valence electrons. The van der Waals surface area contributed by atoms with Gasteiger partial charge in [-0.05, 0) is 193 Å². The van der Waals surface area contributed by atoms with Crippen molar-refractivity contribution in [2.45, 2.75) is 500 Å². The SMILES string of the molecule is CCCCCC(C)C(=O)NCCCCC(NC(=O)C(C)CCCCC)C(=O)NCCCCC(NC(=O)C(CCCCNC(=O)C(C)CCCCC)NC(=O)C(C)CCCCC)C(=O)NCCCCC(C)NC(=O)C(CCCCNC(=O)C(CCCCNC(=O)C(C)CCCCC)NC(=O)C(C)CCCCC)NC(=O)C(CCCCNC(=O)C(C)CCCCC)NC(=O)C(C)CCCCC. The number of rotatable bonds is 88. The van der Waals surface area contributed by atoms with Gasteiger partial charge in [0.05, 0.1) is 0 Å². The normalized spacial score (nSPS) is 14.7. The molecule has 0 aliphatic heterocycles. The molecule has 0 fully saturated rings. The minimum atomic E-state index is -1.07. The number of hydrogen-bond donors (Lipinski definition) is 14.